The van der Waals surface area contributed by atoms with E-state index in [1.165, 1.54) is 0 Å². The van der Waals surface area contributed by atoms with Gasteiger partial charge >= 0.3 is 5.97 Å². The van der Waals surface area contributed by atoms with Crippen molar-refractivity contribution in [2.24, 2.45) is 27.9 Å². The van der Waals surface area contributed by atoms with E-state index >= 15 is 0 Å². The highest BCUT2D eigenvalue weighted by molar-refractivity contribution is 5.95. The van der Waals surface area contributed by atoms with Crippen molar-refractivity contribution in [1.29, 1.82) is 0 Å². The lowest BCUT2D eigenvalue weighted by molar-refractivity contribution is -0.142. The number of rotatable bonds is 19. The molecule has 3 aromatic rings. The molecule has 0 spiro atoms. The molecule has 0 aliphatic heterocycles. The van der Waals surface area contributed by atoms with Crippen LogP contribution in [0.5, 0.6) is 0 Å². The largest absolute Gasteiger partial charge is 0.480 e. The van der Waals surface area contributed by atoms with E-state index in [0.29, 0.717) is 25.8 Å². The summed E-state index contributed by atoms with van der Waals surface area (Å²) in [5.74, 6) is -3.16. The van der Waals surface area contributed by atoms with Crippen LogP contribution >= 0.6 is 0 Å². The van der Waals surface area contributed by atoms with E-state index in [4.69, 9.17) is 22.9 Å². The van der Waals surface area contributed by atoms with E-state index in [-0.39, 0.29) is 38.2 Å². The number of aromatic nitrogens is 1. The van der Waals surface area contributed by atoms with Gasteiger partial charge in [-0.25, -0.2) is 4.79 Å². The Morgan fingerprint density at radius 3 is 2.11 bits per heavy atom. The molecule has 3 rings (SSSR count). The van der Waals surface area contributed by atoms with Crippen LogP contribution in [0.1, 0.15) is 43.2 Å². The summed E-state index contributed by atoms with van der Waals surface area (Å²) in [5.41, 5.74) is 25.0. The number of unbranched alkanes of at least 4 members (excludes halogenated alkanes) is 1. The van der Waals surface area contributed by atoms with Crippen molar-refractivity contribution in [3.63, 3.8) is 0 Å². The summed E-state index contributed by atoms with van der Waals surface area (Å²) in [7, 11) is 0. The molecule has 4 unspecified atom stereocenters. The van der Waals surface area contributed by atoms with Crippen molar-refractivity contribution in [1.82, 2.24) is 20.9 Å². The van der Waals surface area contributed by atoms with E-state index < -0.39 is 47.9 Å². The van der Waals surface area contributed by atoms with Gasteiger partial charge in [0.2, 0.25) is 17.7 Å². The molecule has 4 atom stereocenters. The molecule has 1 heterocycles. The second-order valence-corrected chi connectivity index (χ2v) is 11.1. The molecular weight excluding hydrogens is 590 g/mol. The van der Waals surface area contributed by atoms with E-state index in [2.05, 4.69) is 25.9 Å². The van der Waals surface area contributed by atoms with Crippen LogP contribution in [0.2, 0.25) is 0 Å². The van der Waals surface area contributed by atoms with Gasteiger partial charge in [0.1, 0.15) is 18.1 Å². The molecule has 0 saturated carbocycles. The van der Waals surface area contributed by atoms with E-state index in [0.717, 1.165) is 22.0 Å². The van der Waals surface area contributed by atoms with Gasteiger partial charge in [0.05, 0.1) is 6.04 Å². The Kier molecular flexibility index (Phi) is 14.0. The zero-order chi connectivity index (χ0) is 33.5. The standard InChI is InChI=1S/C32H45N9O5/c33-15-7-6-13-26(31(45)46)40-30(44)27(18-21-19-38-24-12-5-4-11-22(21)24)41-29(43)25(14-8-16-37-32(35)36)39-28(42)23(34)17-20-9-2-1-3-10-20/h1-5,9-12,19,23,25-27,38H,6-8,13-18,33-34H2,(H,39,42)(H,40,44)(H,41,43)(H,45,46)(H4,35,36,37). The van der Waals surface area contributed by atoms with Gasteiger partial charge in [-0.05, 0) is 62.3 Å². The number of nitrogens with zero attached hydrogens (tertiary/aromatic N) is 1. The van der Waals surface area contributed by atoms with Crippen LogP contribution in [0, 0.1) is 0 Å². The zero-order valence-corrected chi connectivity index (χ0v) is 25.8. The number of carboxylic acid groups (broad SMARTS) is 1. The smallest absolute Gasteiger partial charge is 0.326 e. The molecule has 0 fully saturated rings. The second kappa shape index (κ2) is 18.1. The minimum atomic E-state index is -1.19. The maximum absolute atomic E-state index is 13.8. The third kappa shape index (κ3) is 11.2. The predicted octanol–water partition coefficient (Wildman–Crippen LogP) is 0.00200. The van der Waals surface area contributed by atoms with Gasteiger partial charge in [0.25, 0.3) is 0 Å². The molecule has 0 bridgehead atoms. The predicted molar refractivity (Wildman–Crippen MR) is 176 cm³/mol. The lowest BCUT2D eigenvalue weighted by Gasteiger charge is -2.25. The fraction of sp³-hybridized carbons (Fsp3) is 0.406. The number of H-pyrrole nitrogens is 1. The quantitative estimate of drug-likeness (QED) is 0.0487. The van der Waals surface area contributed by atoms with Crippen molar-refractivity contribution >= 4 is 40.6 Å². The van der Waals surface area contributed by atoms with Crippen LogP contribution in [0.15, 0.2) is 65.8 Å². The lowest BCUT2D eigenvalue weighted by Crippen LogP contribution is -2.57. The molecule has 248 valence electrons. The molecule has 2 aromatic carbocycles. The summed E-state index contributed by atoms with van der Waals surface area (Å²) in [6, 6.07) is 12.3. The molecule has 0 saturated heterocycles. The number of aromatic amines is 1. The molecular formula is C32H45N9O5. The van der Waals surface area contributed by atoms with Crippen molar-refractivity contribution in [2.75, 3.05) is 13.1 Å². The van der Waals surface area contributed by atoms with Crippen molar-refractivity contribution in [3.8, 4) is 0 Å². The SMILES string of the molecule is NCCCCC(NC(=O)C(Cc1c[nH]c2ccccc12)NC(=O)C(CCCN=C(N)N)NC(=O)C(N)Cc1ccccc1)C(=O)O. The Balaban J connectivity index is 1.83. The van der Waals surface area contributed by atoms with Crippen LogP contribution in [0.25, 0.3) is 10.9 Å². The maximum atomic E-state index is 13.8. The molecule has 0 aliphatic carbocycles. The summed E-state index contributed by atoms with van der Waals surface area (Å²) in [5, 5.41) is 18.7. The van der Waals surface area contributed by atoms with Crippen molar-refractivity contribution < 1.29 is 24.3 Å². The summed E-state index contributed by atoms with van der Waals surface area (Å²) < 4.78 is 0. The topological polar surface area (TPSA) is 257 Å². The summed E-state index contributed by atoms with van der Waals surface area (Å²) in [6.45, 7) is 0.602. The normalized spacial score (nSPS) is 13.6. The molecule has 0 aliphatic rings. The van der Waals surface area contributed by atoms with Gasteiger partial charge in [-0.2, -0.15) is 0 Å². The fourth-order valence-corrected chi connectivity index (χ4v) is 5.04. The fourth-order valence-electron chi connectivity index (χ4n) is 5.04. The Morgan fingerprint density at radius 1 is 0.783 bits per heavy atom. The van der Waals surface area contributed by atoms with Gasteiger partial charge in [-0.3, -0.25) is 19.4 Å². The maximum Gasteiger partial charge on any atom is 0.326 e. The first kappa shape index (κ1) is 35.5. The second-order valence-electron chi connectivity index (χ2n) is 11.1. The minimum absolute atomic E-state index is 0.0545. The van der Waals surface area contributed by atoms with Crippen LogP contribution in [0.3, 0.4) is 0 Å². The number of carboxylic acids is 1. The molecule has 46 heavy (non-hydrogen) atoms. The van der Waals surface area contributed by atoms with Gasteiger partial charge in [-0.1, -0.05) is 48.5 Å². The number of aliphatic imine (C=N–C) groups is 1. The number of nitrogens with two attached hydrogens (primary N) is 4. The monoisotopic (exact) mass is 635 g/mol. The van der Waals surface area contributed by atoms with Crippen molar-refractivity contribution in [2.45, 2.75) is 69.1 Å². The third-order valence-corrected chi connectivity index (χ3v) is 7.51. The van der Waals surface area contributed by atoms with E-state index in [1.807, 2.05) is 54.6 Å². The Hall–Kier alpha value is -4.95. The number of guanidine groups is 1. The Bertz CT molecular complexity index is 1470. The number of hydrogen-bond donors (Lipinski definition) is 9. The van der Waals surface area contributed by atoms with E-state index in [9.17, 15) is 24.3 Å². The number of carbonyl (C=O) groups excluding carboxylic acids is 3. The zero-order valence-electron chi connectivity index (χ0n) is 25.8. The van der Waals surface area contributed by atoms with Crippen LogP contribution in [-0.4, -0.2) is 77.0 Å². The number of nitrogens with one attached hydrogen (secondary N) is 4. The summed E-state index contributed by atoms with van der Waals surface area (Å²) in [6.07, 6.45) is 3.80. The van der Waals surface area contributed by atoms with Gasteiger partial charge in [-0.15, -0.1) is 0 Å². The molecule has 14 nitrogen and oxygen atoms in total. The number of aliphatic carboxylic acids is 1. The van der Waals surface area contributed by atoms with Crippen LogP contribution in [-0.2, 0) is 32.0 Å². The number of carbonyl (C=O) groups is 4. The first-order valence-corrected chi connectivity index (χ1v) is 15.3. The number of para-hydroxylation sites is 1. The average molecular weight is 636 g/mol. The molecule has 13 N–H and O–H groups in total. The highest BCUT2D eigenvalue weighted by atomic mass is 16.4. The number of amides is 3. The van der Waals surface area contributed by atoms with Gasteiger partial charge in [0, 0.05) is 30.1 Å². The Morgan fingerprint density at radius 2 is 1.41 bits per heavy atom. The first-order chi connectivity index (χ1) is 22.1. The molecule has 3 amide bonds. The number of fused-ring (bicyclic) bond motifs is 1. The van der Waals surface area contributed by atoms with Crippen LogP contribution in [0.4, 0.5) is 0 Å². The lowest BCUT2D eigenvalue weighted by atomic mass is 10.0. The van der Waals surface area contributed by atoms with Crippen LogP contribution < -0.4 is 38.9 Å². The van der Waals surface area contributed by atoms with Gasteiger partial charge < -0.3 is 49.0 Å². The molecule has 1 aromatic heterocycles. The number of hydrogen-bond acceptors (Lipinski definition) is 7. The van der Waals surface area contributed by atoms with E-state index in [1.54, 1.807) is 6.20 Å². The summed E-state index contributed by atoms with van der Waals surface area (Å²) in [4.78, 5) is 59.5. The van der Waals surface area contributed by atoms with Crippen molar-refractivity contribution in [3.05, 3.63) is 71.9 Å². The van der Waals surface area contributed by atoms with Gasteiger partial charge in [0.15, 0.2) is 5.96 Å². The average Bonchev–Trinajstić information content (AvgIpc) is 3.44. The first-order valence-electron chi connectivity index (χ1n) is 15.3. The molecule has 0 radical (unpaired) electrons. The Labute approximate surface area is 267 Å². The highest BCUT2D eigenvalue weighted by Crippen LogP contribution is 2.19. The number of benzene rings is 2. The minimum Gasteiger partial charge on any atom is -0.480 e. The summed E-state index contributed by atoms with van der Waals surface area (Å²) >= 11 is 0. The molecule has 14 heteroatoms. The highest BCUT2D eigenvalue weighted by Gasteiger charge is 2.31. The third-order valence-electron chi connectivity index (χ3n) is 7.51.